The maximum absolute atomic E-state index is 13.1. The van der Waals surface area contributed by atoms with Gasteiger partial charge in [0.2, 0.25) is 0 Å². The molecule has 0 aromatic heterocycles. The van der Waals surface area contributed by atoms with Crippen LogP contribution in [-0.4, -0.2) is 37.5 Å². The van der Waals surface area contributed by atoms with E-state index in [9.17, 15) is 4.39 Å². The average Bonchev–Trinajstić information content (AvgIpc) is 2.30. The molecule has 11 heavy (non-hydrogen) atoms. The van der Waals surface area contributed by atoms with Crippen LogP contribution >= 0.6 is 0 Å². The van der Waals surface area contributed by atoms with Crippen molar-refractivity contribution in [3.63, 3.8) is 0 Å². The molecule has 1 saturated heterocycles. The summed E-state index contributed by atoms with van der Waals surface area (Å²) >= 11 is 0. The van der Waals surface area contributed by atoms with E-state index in [-0.39, 0.29) is 12.4 Å². The number of halogens is 2. The third kappa shape index (κ3) is 2.29. The smallest absolute Gasteiger partial charge is 0.292 e. The second-order valence-corrected chi connectivity index (χ2v) is 2.73. The quantitative estimate of drug-likeness (QED) is 0.436. The summed E-state index contributed by atoms with van der Waals surface area (Å²) < 4.78 is 13.1. The summed E-state index contributed by atoms with van der Waals surface area (Å²) in [5.41, 5.74) is 0. The minimum absolute atomic E-state index is 0. The number of nitrogens with one attached hydrogen (secondary N) is 1. The maximum Gasteiger partial charge on any atom is 0.292 e. The average molecular weight is 183 g/mol. The van der Waals surface area contributed by atoms with Gasteiger partial charge in [0.15, 0.2) is 0 Å². The Morgan fingerprint density at radius 3 is 2.45 bits per heavy atom. The van der Waals surface area contributed by atoms with Gasteiger partial charge in [0.1, 0.15) is 0 Å². The second kappa shape index (κ2) is 4.91. The van der Waals surface area contributed by atoms with Crippen LogP contribution < -0.4 is 17.3 Å². The third-order valence-electron chi connectivity index (χ3n) is 2.24. The highest BCUT2D eigenvalue weighted by Crippen LogP contribution is 1.97. The Labute approximate surface area is 73.8 Å². The Hall–Kier alpha value is 0.140. The molecule has 2 nitrogen and oxygen atoms in total. The lowest BCUT2D eigenvalue weighted by Crippen LogP contribution is -3.13. The van der Waals surface area contributed by atoms with Crippen LogP contribution in [0.3, 0.4) is 0 Å². The molecule has 0 bridgehead atoms. The molecule has 1 N–H and O–H groups in total. The van der Waals surface area contributed by atoms with Gasteiger partial charge < -0.3 is 12.4 Å². The highest BCUT2D eigenvalue weighted by atomic mass is 35.5. The van der Waals surface area contributed by atoms with Gasteiger partial charge in [0.25, 0.3) is 6.42 Å². The molecule has 2 unspecified atom stereocenters. The van der Waals surface area contributed by atoms with Gasteiger partial charge in [-0.05, 0) is 6.92 Å². The van der Waals surface area contributed by atoms with Crippen molar-refractivity contribution < 1.29 is 21.7 Å². The highest BCUT2D eigenvalue weighted by Gasteiger charge is 2.32. The molecule has 0 saturated carbocycles. The number of nitrogens with zero attached hydrogens (tertiary/aromatic N) is 1. The zero-order valence-corrected chi connectivity index (χ0v) is 7.86. The largest absolute Gasteiger partial charge is 1.00 e. The Balaban J connectivity index is 0.000001000. The predicted octanol–water partition coefficient (Wildman–Crippen LogP) is -3.52. The first-order valence-electron chi connectivity index (χ1n) is 4.02. The topological polar surface area (TPSA) is 7.68 Å². The Morgan fingerprint density at radius 1 is 1.55 bits per heavy atom. The van der Waals surface area contributed by atoms with Crippen LogP contribution in [0, 0.1) is 0 Å². The van der Waals surface area contributed by atoms with Gasteiger partial charge in [-0.1, -0.05) is 6.92 Å². The van der Waals surface area contributed by atoms with Gasteiger partial charge in [-0.25, -0.2) is 4.90 Å². The third-order valence-corrected chi connectivity index (χ3v) is 2.24. The van der Waals surface area contributed by atoms with Gasteiger partial charge in [0, 0.05) is 6.54 Å². The van der Waals surface area contributed by atoms with Crippen molar-refractivity contribution in [2.75, 3.05) is 26.2 Å². The molecule has 1 aliphatic rings. The summed E-state index contributed by atoms with van der Waals surface area (Å²) in [7, 11) is 0. The van der Waals surface area contributed by atoms with Crippen LogP contribution in [0.4, 0.5) is 4.39 Å². The molecule has 2 atom stereocenters. The molecule has 0 aromatic rings. The summed E-state index contributed by atoms with van der Waals surface area (Å²) in [6, 6.07) is 0. The van der Waals surface area contributed by atoms with Crippen molar-refractivity contribution in [3.8, 4) is 0 Å². The summed E-state index contributed by atoms with van der Waals surface area (Å²) in [5.74, 6) is 0. The van der Waals surface area contributed by atoms with Crippen LogP contribution in [0.25, 0.3) is 0 Å². The first-order chi connectivity index (χ1) is 4.79. The Morgan fingerprint density at radius 2 is 2.18 bits per heavy atom. The Bertz CT molecular complexity index is 101. The van der Waals surface area contributed by atoms with Gasteiger partial charge in [-0.3, -0.25) is 4.90 Å². The molecule has 0 amide bonds. The number of likely N-dealkylation sites (N-methyl/N-ethyl adjacent to an activating group) is 2. The first-order valence-corrected chi connectivity index (χ1v) is 4.02. The zero-order chi connectivity index (χ0) is 7.56. The van der Waals surface area contributed by atoms with Crippen molar-refractivity contribution >= 4 is 0 Å². The van der Waals surface area contributed by atoms with Crippen molar-refractivity contribution in [2.24, 2.45) is 0 Å². The normalized spacial score (nSPS) is 31.9. The molecule has 0 radical (unpaired) electrons. The molecule has 1 rings (SSSR count). The lowest BCUT2D eigenvalue weighted by molar-refractivity contribution is -0.932. The molecule has 1 heterocycles. The van der Waals surface area contributed by atoms with E-state index in [0.717, 1.165) is 31.1 Å². The predicted molar refractivity (Wildman–Crippen MR) is 38.5 cm³/mol. The molecular formula is C7H16ClFN2. The van der Waals surface area contributed by atoms with Crippen LogP contribution in [0.2, 0.25) is 0 Å². The molecule has 0 spiro atoms. The number of hydrogen-bond acceptors (Lipinski definition) is 1. The SMILES string of the molecule is CCN1CC[NH+](CC)C1F.[Cl-]. The van der Waals surface area contributed by atoms with E-state index in [0.29, 0.717) is 0 Å². The zero-order valence-electron chi connectivity index (χ0n) is 7.11. The summed E-state index contributed by atoms with van der Waals surface area (Å²) in [5, 5.41) is 0. The van der Waals surface area contributed by atoms with Gasteiger partial charge in [-0.15, -0.1) is 0 Å². The van der Waals surface area contributed by atoms with Gasteiger partial charge in [-0.2, -0.15) is 4.39 Å². The van der Waals surface area contributed by atoms with E-state index in [1.165, 1.54) is 0 Å². The summed E-state index contributed by atoms with van der Waals surface area (Å²) in [6.45, 7) is 7.65. The van der Waals surface area contributed by atoms with Crippen molar-refractivity contribution in [1.29, 1.82) is 0 Å². The van der Waals surface area contributed by atoms with E-state index < -0.39 is 6.42 Å². The molecule has 1 fully saturated rings. The minimum atomic E-state index is -0.741. The van der Waals surface area contributed by atoms with E-state index in [4.69, 9.17) is 0 Å². The lowest BCUT2D eigenvalue weighted by atomic mass is 10.6. The molecule has 1 aliphatic heterocycles. The van der Waals surface area contributed by atoms with Crippen LogP contribution in [0.1, 0.15) is 13.8 Å². The fourth-order valence-corrected chi connectivity index (χ4v) is 1.44. The van der Waals surface area contributed by atoms with Gasteiger partial charge in [0.05, 0.1) is 19.6 Å². The van der Waals surface area contributed by atoms with Crippen LogP contribution in [0.5, 0.6) is 0 Å². The van der Waals surface area contributed by atoms with E-state index in [1.807, 2.05) is 18.7 Å². The number of hydrogen-bond donors (Lipinski definition) is 1. The fraction of sp³-hybridized carbons (Fsp3) is 1.00. The second-order valence-electron chi connectivity index (χ2n) is 2.73. The Kier molecular flexibility index (Phi) is 4.97. The molecule has 4 heteroatoms. The van der Waals surface area contributed by atoms with Crippen molar-refractivity contribution in [3.05, 3.63) is 0 Å². The highest BCUT2D eigenvalue weighted by molar-refractivity contribution is 4.56. The van der Waals surface area contributed by atoms with Gasteiger partial charge >= 0.3 is 0 Å². The van der Waals surface area contributed by atoms with E-state index in [1.54, 1.807) is 0 Å². The van der Waals surface area contributed by atoms with E-state index in [2.05, 4.69) is 0 Å². The van der Waals surface area contributed by atoms with E-state index >= 15 is 0 Å². The molecule has 68 valence electrons. The molecular weight excluding hydrogens is 167 g/mol. The molecule has 0 aliphatic carbocycles. The number of quaternary nitrogens is 1. The van der Waals surface area contributed by atoms with Crippen molar-refractivity contribution in [2.45, 2.75) is 20.3 Å². The minimum Gasteiger partial charge on any atom is -1.00 e. The first kappa shape index (κ1) is 11.1. The monoisotopic (exact) mass is 182 g/mol. The molecule has 0 aromatic carbocycles. The summed E-state index contributed by atoms with van der Waals surface area (Å²) in [4.78, 5) is 2.94. The maximum atomic E-state index is 13.1. The summed E-state index contributed by atoms with van der Waals surface area (Å²) in [6.07, 6.45) is -0.741. The standard InChI is InChI=1S/C7H15FN2.ClH/c1-3-9-5-6-10(4-2)7(9)8;/h7H,3-6H2,1-2H3;1H. The van der Waals surface area contributed by atoms with Crippen LogP contribution in [0.15, 0.2) is 0 Å². The van der Waals surface area contributed by atoms with Crippen molar-refractivity contribution in [1.82, 2.24) is 4.90 Å². The number of rotatable bonds is 2. The fourth-order valence-electron chi connectivity index (χ4n) is 1.44. The number of alkyl halides is 1. The van der Waals surface area contributed by atoms with Crippen LogP contribution in [-0.2, 0) is 0 Å². The lowest BCUT2D eigenvalue weighted by Gasteiger charge is -2.16.